The first kappa shape index (κ1) is 10.2. The molecule has 3 nitrogen and oxygen atoms in total. The Labute approximate surface area is 67.9 Å². The average Bonchev–Trinajstić information content (AvgIpc) is 1.98. The van der Waals surface area contributed by atoms with Crippen LogP contribution in [0.1, 0.15) is 13.8 Å². The summed E-state index contributed by atoms with van der Waals surface area (Å²) in [4.78, 5) is 12.9. The molecule has 0 aromatic rings. The van der Waals surface area contributed by atoms with E-state index in [0.29, 0.717) is 13.1 Å². The first-order valence-corrected chi connectivity index (χ1v) is 3.78. The standard InChI is InChI=1S/C8H16N2O/c1-4-6-10(5-2)8(11)7(3)9/h4,7H,1,5-6,9H2,2-3H3/t7-/m1/s1. The second-order valence-corrected chi connectivity index (χ2v) is 2.45. The van der Waals surface area contributed by atoms with Crippen LogP contribution in [0.25, 0.3) is 0 Å². The van der Waals surface area contributed by atoms with E-state index in [1.165, 1.54) is 0 Å². The molecule has 0 aromatic heterocycles. The largest absolute Gasteiger partial charge is 0.338 e. The van der Waals surface area contributed by atoms with E-state index in [2.05, 4.69) is 6.58 Å². The normalized spacial score (nSPS) is 12.3. The summed E-state index contributed by atoms with van der Waals surface area (Å²) in [5.41, 5.74) is 5.42. The summed E-state index contributed by atoms with van der Waals surface area (Å²) in [6.07, 6.45) is 1.70. The van der Waals surface area contributed by atoms with E-state index in [1.54, 1.807) is 17.9 Å². The molecule has 1 atom stereocenters. The third-order valence-electron chi connectivity index (χ3n) is 1.43. The molecule has 2 N–H and O–H groups in total. The third kappa shape index (κ3) is 3.18. The second-order valence-electron chi connectivity index (χ2n) is 2.45. The zero-order chi connectivity index (χ0) is 8.85. The van der Waals surface area contributed by atoms with E-state index >= 15 is 0 Å². The van der Waals surface area contributed by atoms with Gasteiger partial charge in [-0.1, -0.05) is 6.08 Å². The van der Waals surface area contributed by atoms with Crippen LogP contribution in [0.15, 0.2) is 12.7 Å². The van der Waals surface area contributed by atoms with E-state index in [-0.39, 0.29) is 5.91 Å². The highest BCUT2D eigenvalue weighted by Gasteiger charge is 2.13. The minimum atomic E-state index is -0.408. The highest BCUT2D eigenvalue weighted by molar-refractivity contribution is 5.81. The number of nitrogens with two attached hydrogens (primary N) is 1. The quantitative estimate of drug-likeness (QED) is 0.598. The highest BCUT2D eigenvalue weighted by atomic mass is 16.2. The van der Waals surface area contributed by atoms with Gasteiger partial charge in [-0.05, 0) is 13.8 Å². The predicted octanol–water partition coefficient (Wildman–Crippen LogP) is 0.368. The Morgan fingerprint density at radius 1 is 1.82 bits per heavy atom. The number of amides is 1. The topological polar surface area (TPSA) is 46.3 Å². The van der Waals surface area contributed by atoms with E-state index in [0.717, 1.165) is 0 Å². The van der Waals surface area contributed by atoms with Crippen LogP contribution in [-0.2, 0) is 4.79 Å². The van der Waals surface area contributed by atoms with Gasteiger partial charge in [0.05, 0.1) is 6.04 Å². The summed E-state index contributed by atoms with van der Waals surface area (Å²) in [7, 11) is 0. The van der Waals surface area contributed by atoms with Gasteiger partial charge in [0.25, 0.3) is 0 Å². The SMILES string of the molecule is C=CCN(CC)C(=O)[C@@H](C)N. The minimum absolute atomic E-state index is 0.0209. The van der Waals surface area contributed by atoms with Crippen molar-refractivity contribution in [3.8, 4) is 0 Å². The lowest BCUT2D eigenvalue weighted by atomic mass is 10.3. The van der Waals surface area contributed by atoms with Gasteiger partial charge in [0.15, 0.2) is 0 Å². The molecule has 0 spiro atoms. The summed E-state index contributed by atoms with van der Waals surface area (Å²) < 4.78 is 0. The Morgan fingerprint density at radius 2 is 2.36 bits per heavy atom. The van der Waals surface area contributed by atoms with Gasteiger partial charge in [-0.2, -0.15) is 0 Å². The van der Waals surface area contributed by atoms with Crippen molar-refractivity contribution >= 4 is 5.91 Å². The maximum absolute atomic E-state index is 11.2. The molecule has 1 amide bonds. The molecule has 0 aliphatic carbocycles. The molecule has 0 rings (SSSR count). The Kier molecular flexibility index (Phi) is 4.54. The van der Waals surface area contributed by atoms with E-state index < -0.39 is 6.04 Å². The van der Waals surface area contributed by atoms with Crippen LogP contribution in [0.2, 0.25) is 0 Å². The first-order chi connectivity index (χ1) is 5.13. The van der Waals surface area contributed by atoms with Gasteiger partial charge in [0.2, 0.25) is 5.91 Å². The van der Waals surface area contributed by atoms with Gasteiger partial charge < -0.3 is 10.6 Å². The van der Waals surface area contributed by atoms with Gasteiger partial charge in [-0.3, -0.25) is 4.79 Å². The smallest absolute Gasteiger partial charge is 0.239 e. The molecule has 0 bridgehead atoms. The lowest BCUT2D eigenvalue weighted by Gasteiger charge is -2.20. The molecule has 64 valence electrons. The molecule has 0 fully saturated rings. The van der Waals surface area contributed by atoms with Crippen molar-refractivity contribution in [1.82, 2.24) is 4.90 Å². The number of hydrogen-bond donors (Lipinski definition) is 1. The van der Waals surface area contributed by atoms with Crippen LogP contribution in [-0.4, -0.2) is 29.9 Å². The number of rotatable bonds is 4. The summed E-state index contributed by atoms with van der Waals surface area (Å²) in [5, 5.41) is 0. The van der Waals surface area contributed by atoms with Crippen molar-refractivity contribution in [2.45, 2.75) is 19.9 Å². The lowest BCUT2D eigenvalue weighted by molar-refractivity contribution is -0.131. The predicted molar refractivity (Wildman–Crippen MR) is 46.1 cm³/mol. The van der Waals surface area contributed by atoms with Crippen molar-refractivity contribution in [1.29, 1.82) is 0 Å². The van der Waals surface area contributed by atoms with Gasteiger partial charge in [0, 0.05) is 13.1 Å². The van der Waals surface area contributed by atoms with Gasteiger partial charge >= 0.3 is 0 Å². The van der Waals surface area contributed by atoms with Crippen molar-refractivity contribution in [3.63, 3.8) is 0 Å². The molecular weight excluding hydrogens is 140 g/mol. The van der Waals surface area contributed by atoms with Gasteiger partial charge in [0.1, 0.15) is 0 Å². The number of carbonyl (C=O) groups is 1. The summed E-state index contributed by atoms with van der Waals surface area (Å²) in [5.74, 6) is -0.0209. The fourth-order valence-electron chi connectivity index (χ4n) is 0.819. The van der Waals surface area contributed by atoms with Crippen LogP contribution in [0.3, 0.4) is 0 Å². The zero-order valence-corrected chi connectivity index (χ0v) is 7.21. The molecule has 0 aromatic carbocycles. The molecule has 0 saturated heterocycles. The fourth-order valence-corrected chi connectivity index (χ4v) is 0.819. The Morgan fingerprint density at radius 3 is 2.64 bits per heavy atom. The molecule has 11 heavy (non-hydrogen) atoms. The maximum atomic E-state index is 11.2. The number of hydrogen-bond acceptors (Lipinski definition) is 2. The molecule has 0 heterocycles. The van der Waals surface area contributed by atoms with Gasteiger partial charge in [-0.25, -0.2) is 0 Å². The molecule has 0 radical (unpaired) electrons. The Balaban J connectivity index is 4.02. The van der Waals surface area contributed by atoms with Gasteiger partial charge in [-0.15, -0.1) is 6.58 Å². The fraction of sp³-hybridized carbons (Fsp3) is 0.625. The molecule has 0 saturated carbocycles. The van der Waals surface area contributed by atoms with Crippen LogP contribution in [0, 0.1) is 0 Å². The van der Waals surface area contributed by atoms with Crippen LogP contribution in [0.4, 0.5) is 0 Å². The Bertz CT molecular complexity index is 143. The van der Waals surface area contributed by atoms with Crippen molar-refractivity contribution in [2.24, 2.45) is 5.73 Å². The Hall–Kier alpha value is -0.830. The zero-order valence-electron chi connectivity index (χ0n) is 7.21. The number of likely N-dealkylation sites (N-methyl/N-ethyl adjacent to an activating group) is 1. The van der Waals surface area contributed by atoms with Crippen LogP contribution in [0.5, 0.6) is 0 Å². The van der Waals surface area contributed by atoms with Crippen molar-refractivity contribution in [2.75, 3.05) is 13.1 Å². The highest BCUT2D eigenvalue weighted by Crippen LogP contribution is 1.92. The van der Waals surface area contributed by atoms with Crippen molar-refractivity contribution in [3.05, 3.63) is 12.7 Å². The molecule has 0 aliphatic rings. The lowest BCUT2D eigenvalue weighted by Crippen LogP contribution is -2.41. The average molecular weight is 156 g/mol. The van der Waals surface area contributed by atoms with E-state index in [9.17, 15) is 4.79 Å². The molecule has 3 heteroatoms. The molecule has 0 unspecified atom stereocenters. The monoisotopic (exact) mass is 156 g/mol. The second kappa shape index (κ2) is 4.91. The minimum Gasteiger partial charge on any atom is -0.338 e. The van der Waals surface area contributed by atoms with E-state index in [4.69, 9.17) is 5.73 Å². The van der Waals surface area contributed by atoms with Crippen LogP contribution < -0.4 is 5.73 Å². The molecule has 0 aliphatic heterocycles. The first-order valence-electron chi connectivity index (χ1n) is 3.78. The van der Waals surface area contributed by atoms with Crippen LogP contribution >= 0.6 is 0 Å². The summed E-state index contributed by atoms with van der Waals surface area (Å²) in [6.45, 7) is 8.43. The maximum Gasteiger partial charge on any atom is 0.239 e. The van der Waals surface area contributed by atoms with E-state index in [1.807, 2.05) is 6.92 Å². The van der Waals surface area contributed by atoms with Crippen molar-refractivity contribution < 1.29 is 4.79 Å². The summed E-state index contributed by atoms with van der Waals surface area (Å²) in [6, 6.07) is -0.408. The third-order valence-corrected chi connectivity index (χ3v) is 1.43. The number of carbonyl (C=O) groups excluding carboxylic acids is 1. The molecular formula is C8H16N2O. The number of nitrogens with zero attached hydrogens (tertiary/aromatic N) is 1. The summed E-state index contributed by atoms with van der Waals surface area (Å²) >= 11 is 0.